The van der Waals surface area contributed by atoms with Gasteiger partial charge in [0.1, 0.15) is 5.54 Å². The Morgan fingerprint density at radius 1 is 1.17 bits per heavy atom. The van der Waals surface area contributed by atoms with E-state index in [1.54, 1.807) is 24.5 Å². The summed E-state index contributed by atoms with van der Waals surface area (Å²) in [4.78, 5) is 3.96. The van der Waals surface area contributed by atoms with Gasteiger partial charge in [0.25, 0.3) is 0 Å². The van der Waals surface area contributed by atoms with Crippen molar-refractivity contribution in [3.63, 3.8) is 0 Å². The number of benzene rings is 1. The van der Waals surface area contributed by atoms with E-state index in [0.29, 0.717) is 5.02 Å². The van der Waals surface area contributed by atoms with E-state index in [-0.39, 0.29) is 0 Å². The Balaban J connectivity index is 2.30. The highest BCUT2D eigenvalue weighted by Crippen LogP contribution is 2.25. The van der Waals surface area contributed by atoms with Gasteiger partial charge in [-0.25, -0.2) is 0 Å². The molecule has 2 aromatic rings. The number of nitrogens with zero attached hydrogens (tertiary/aromatic N) is 2. The van der Waals surface area contributed by atoms with Crippen LogP contribution in [-0.4, -0.2) is 4.98 Å². The van der Waals surface area contributed by atoms with Crippen molar-refractivity contribution in [2.24, 2.45) is 0 Å². The standard InChI is InChI=1S/C14H12ClN3/c1-14(10-16,11-6-8-17-9-7-11)18-13-4-2-12(15)3-5-13/h2-9,18H,1H3. The van der Waals surface area contributed by atoms with Crippen LogP contribution in [0.5, 0.6) is 0 Å². The molecule has 90 valence electrons. The van der Waals surface area contributed by atoms with Crippen LogP contribution in [0.15, 0.2) is 48.8 Å². The number of rotatable bonds is 3. The number of nitriles is 1. The van der Waals surface area contributed by atoms with Crippen molar-refractivity contribution < 1.29 is 0 Å². The molecule has 1 aromatic carbocycles. The summed E-state index contributed by atoms with van der Waals surface area (Å²) in [7, 11) is 0. The third kappa shape index (κ3) is 2.61. The van der Waals surface area contributed by atoms with Crippen LogP contribution in [-0.2, 0) is 5.54 Å². The van der Waals surface area contributed by atoms with Crippen LogP contribution in [0.25, 0.3) is 0 Å². The van der Waals surface area contributed by atoms with Gasteiger partial charge in [-0.1, -0.05) is 11.6 Å². The van der Waals surface area contributed by atoms with Crippen LogP contribution in [0.3, 0.4) is 0 Å². The fourth-order valence-corrected chi connectivity index (χ4v) is 1.80. The van der Waals surface area contributed by atoms with E-state index >= 15 is 0 Å². The summed E-state index contributed by atoms with van der Waals surface area (Å²) in [5.41, 5.74) is 0.923. The second kappa shape index (κ2) is 5.07. The highest BCUT2D eigenvalue weighted by molar-refractivity contribution is 6.30. The average molecular weight is 258 g/mol. The van der Waals surface area contributed by atoms with Gasteiger partial charge in [0.2, 0.25) is 0 Å². The molecule has 0 amide bonds. The van der Waals surface area contributed by atoms with Gasteiger partial charge in [-0.05, 0) is 48.9 Å². The van der Waals surface area contributed by atoms with E-state index in [1.807, 2.05) is 31.2 Å². The molecule has 2 rings (SSSR count). The van der Waals surface area contributed by atoms with Crippen molar-refractivity contribution in [3.8, 4) is 6.07 Å². The molecule has 1 N–H and O–H groups in total. The molecule has 1 atom stereocenters. The van der Waals surface area contributed by atoms with E-state index < -0.39 is 5.54 Å². The Hall–Kier alpha value is -2.05. The predicted molar refractivity (Wildman–Crippen MR) is 72.3 cm³/mol. The van der Waals surface area contributed by atoms with Crippen LogP contribution >= 0.6 is 11.6 Å². The molecule has 0 radical (unpaired) electrons. The molecule has 0 bridgehead atoms. The number of hydrogen-bond donors (Lipinski definition) is 1. The molecule has 0 spiro atoms. The molecule has 0 fully saturated rings. The second-order valence-electron chi connectivity index (χ2n) is 4.10. The Kier molecular flexibility index (Phi) is 3.50. The fraction of sp³-hybridized carbons (Fsp3) is 0.143. The molecule has 0 saturated carbocycles. The minimum absolute atomic E-state index is 0.670. The van der Waals surface area contributed by atoms with E-state index in [4.69, 9.17) is 11.6 Å². The number of pyridine rings is 1. The first-order valence-electron chi connectivity index (χ1n) is 5.49. The molecule has 0 aliphatic rings. The van der Waals surface area contributed by atoms with Gasteiger partial charge in [-0.3, -0.25) is 4.98 Å². The number of hydrogen-bond acceptors (Lipinski definition) is 3. The zero-order valence-corrected chi connectivity index (χ0v) is 10.6. The van der Waals surface area contributed by atoms with Crippen LogP contribution in [0, 0.1) is 11.3 Å². The van der Waals surface area contributed by atoms with Crippen molar-refractivity contribution in [2.75, 3.05) is 5.32 Å². The van der Waals surface area contributed by atoms with Crippen LogP contribution < -0.4 is 5.32 Å². The molecule has 18 heavy (non-hydrogen) atoms. The molecule has 1 unspecified atom stereocenters. The van der Waals surface area contributed by atoms with Crippen molar-refractivity contribution in [1.29, 1.82) is 5.26 Å². The molecule has 0 aliphatic heterocycles. The lowest BCUT2D eigenvalue weighted by atomic mass is 9.94. The predicted octanol–water partition coefficient (Wildman–Crippen LogP) is 3.59. The molecule has 4 heteroatoms. The SMILES string of the molecule is CC(C#N)(Nc1ccc(Cl)cc1)c1ccncc1. The summed E-state index contributed by atoms with van der Waals surface area (Å²) in [5, 5.41) is 13.3. The van der Waals surface area contributed by atoms with E-state index in [1.165, 1.54) is 0 Å². The number of halogens is 1. The molecule has 1 heterocycles. The first kappa shape index (κ1) is 12.4. The van der Waals surface area contributed by atoms with Gasteiger partial charge >= 0.3 is 0 Å². The van der Waals surface area contributed by atoms with Gasteiger partial charge in [-0.15, -0.1) is 0 Å². The minimum atomic E-state index is -0.795. The largest absolute Gasteiger partial charge is 0.364 e. The van der Waals surface area contributed by atoms with Gasteiger partial charge in [0, 0.05) is 23.1 Å². The molecule has 0 saturated heterocycles. The molecule has 0 aliphatic carbocycles. The molecule has 1 aromatic heterocycles. The van der Waals surface area contributed by atoms with Crippen LogP contribution in [0.1, 0.15) is 12.5 Å². The average Bonchev–Trinajstić information content (AvgIpc) is 2.42. The quantitative estimate of drug-likeness (QED) is 0.914. The van der Waals surface area contributed by atoms with Crippen molar-refractivity contribution >= 4 is 17.3 Å². The molecular weight excluding hydrogens is 246 g/mol. The summed E-state index contributed by atoms with van der Waals surface area (Å²) >= 11 is 5.83. The van der Waals surface area contributed by atoms with Gasteiger partial charge < -0.3 is 5.32 Å². The third-order valence-corrected chi connectivity index (χ3v) is 2.97. The number of nitrogens with one attached hydrogen (secondary N) is 1. The molecule has 3 nitrogen and oxygen atoms in total. The maximum Gasteiger partial charge on any atom is 0.148 e. The first-order valence-corrected chi connectivity index (χ1v) is 5.87. The smallest absolute Gasteiger partial charge is 0.148 e. The monoisotopic (exact) mass is 257 g/mol. The minimum Gasteiger partial charge on any atom is -0.364 e. The van der Waals surface area contributed by atoms with E-state index in [0.717, 1.165) is 11.3 Å². The molecular formula is C14H12ClN3. The van der Waals surface area contributed by atoms with Gasteiger partial charge in [0.05, 0.1) is 6.07 Å². The Morgan fingerprint density at radius 3 is 2.33 bits per heavy atom. The van der Waals surface area contributed by atoms with Gasteiger partial charge in [0.15, 0.2) is 0 Å². The Morgan fingerprint density at radius 2 is 1.78 bits per heavy atom. The Labute approximate surface area is 111 Å². The highest BCUT2D eigenvalue weighted by Gasteiger charge is 2.25. The number of aromatic nitrogens is 1. The van der Waals surface area contributed by atoms with E-state index in [2.05, 4.69) is 16.4 Å². The second-order valence-corrected chi connectivity index (χ2v) is 4.54. The van der Waals surface area contributed by atoms with Gasteiger partial charge in [-0.2, -0.15) is 5.26 Å². The van der Waals surface area contributed by atoms with Crippen molar-refractivity contribution in [3.05, 3.63) is 59.4 Å². The van der Waals surface area contributed by atoms with Crippen molar-refractivity contribution in [1.82, 2.24) is 4.98 Å². The fourth-order valence-electron chi connectivity index (χ4n) is 1.67. The summed E-state index contributed by atoms with van der Waals surface area (Å²) in [5.74, 6) is 0. The summed E-state index contributed by atoms with van der Waals surface area (Å²) in [6.45, 7) is 1.83. The summed E-state index contributed by atoms with van der Waals surface area (Å²) in [6, 6.07) is 13.2. The van der Waals surface area contributed by atoms with Crippen LogP contribution in [0.4, 0.5) is 5.69 Å². The lowest BCUT2D eigenvalue weighted by Gasteiger charge is -2.24. The highest BCUT2D eigenvalue weighted by atomic mass is 35.5. The van der Waals surface area contributed by atoms with Crippen LogP contribution in [0.2, 0.25) is 5.02 Å². The van der Waals surface area contributed by atoms with Crippen molar-refractivity contribution in [2.45, 2.75) is 12.5 Å². The zero-order valence-electron chi connectivity index (χ0n) is 9.89. The normalized spacial score (nSPS) is 13.4. The Bertz CT molecular complexity index is 560. The lowest BCUT2D eigenvalue weighted by molar-refractivity contribution is 0.705. The summed E-state index contributed by atoms with van der Waals surface area (Å²) in [6.07, 6.45) is 3.35. The zero-order chi connectivity index (χ0) is 13.0. The topological polar surface area (TPSA) is 48.7 Å². The summed E-state index contributed by atoms with van der Waals surface area (Å²) < 4.78 is 0. The maximum atomic E-state index is 9.40. The number of anilines is 1. The third-order valence-electron chi connectivity index (χ3n) is 2.72. The maximum absolute atomic E-state index is 9.40. The lowest BCUT2D eigenvalue weighted by Crippen LogP contribution is -2.29. The first-order chi connectivity index (χ1) is 8.64. The van der Waals surface area contributed by atoms with E-state index in [9.17, 15) is 5.26 Å².